The first kappa shape index (κ1) is 18.3. The van der Waals surface area contributed by atoms with Crippen molar-refractivity contribution in [1.82, 2.24) is 0 Å². The molecule has 0 saturated heterocycles. The van der Waals surface area contributed by atoms with Crippen LogP contribution >= 0.6 is 0 Å². The summed E-state index contributed by atoms with van der Waals surface area (Å²) in [6, 6.07) is 15.5. The molecule has 126 valence electrons. The number of rotatable bonds is 5. The molecular formula is C24H30. The van der Waals surface area contributed by atoms with Crippen LogP contribution in [0.3, 0.4) is 0 Å². The molecule has 0 radical (unpaired) electrons. The summed E-state index contributed by atoms with van der Waals surface area (Å²) in [6.07, 6.45) is 2.29. The van der Waals surface area contributed by atoms with E-state index in [2.05, 4.69) is 96.7 Å². The van der Waals surface area contributed by atoms with Crippen molar-refractivity contribution < 1.29 is 0 Å². The second-order valence-electron chi connectivity index (χ2n) is 7.38. The lowest BCUT2D eigenvalue weighted by molar-refractivity contribution is 0.800. The number of benzene rings is 2. The van der Waals surface area contributed by atoms with E-state index in [1.165, 1.54) is 39.0 Å². The van der Waals surface area contributed by atoms with Crippen molar-refractivity contribution in [2.24, 2.45) is 5.92 Å². The molecule has 0 aliphatic heterocycles. The third-order valence-electron chi connectivity index (χ3n) is 4.65. The first-order valence-electron chi connectivity index (χ1n) is 8.88. The molecule has 2 rings (SSSR count). The van der Waals surface area contributed by atoms with Crippen LogP contribution in [0.4, 0.5) is 0 Å². The molecule has 0 aliphatic carbocycles. The lowest BCUT2D eigenvalue weighted by atomic mass is 9.86. The third kappa shape index (κ3) is 4.26. The van der Waals surface area contributed by atoms with Gasteiger partial charge >= 0.3 is 0 Å². The van der Waals surface area contributed by atoms with Gasteiger partial charge in [-0.3, -0.25) is 0 Å². The van der Waals surface area contributed by atoms with E-state index in [1.54, 1.807) is 0 Å². The molecule has 2 aromatic carbocycles. The van der Waals surface area contributed by atoms with Gasteiger partial charge in [-0.2, -0.15) is 0 Å². The van der Waals surface area contributed by atoms with Crippen LogP contribution in [0.1, 0.15) is 61.4 Å². The minimum absolute atomic E-state index is 0.420. The SMILES string of the molecule is C=C(/C(=C\c1ccc(C)cc1)c1cc(C(C)C)ccc1C)C(C)C. The van der Waals surface area contributed by atoms with Gasteiger partial charge in [0.2, 0.25) is 0 Å². The Morgan fingerprint density at radius 3 is 2.08 bits per heavy atom. The van der Waals surface area contributed by atoms with Gasteiger partial charge in [0.05, 0.1) is 0 Å². The second kappa shape index (κ2) is 7.66. The van der Waals surface area contributed by atoms with Gasteiger partial charge in [0.1, 0.15) is 0 Å². The quantitative estimate of drug-likeness (QED) is 0.404. The zero-order valence-electron chi connectivity index (χ0n) is 16.0. The van der Waals surface area contributed by atoms with E-state index < -0.39 is 0 Å². The summed E-state index contributed by atoms with van der Waals surface area (Å²) in [4.78, 5) is 0. The molecule has 0 atom stereocenters. The summed E-state index contributed by atoms with van der Waals surface area (Å²) in [7, 11) is 0. The largest absolute Gasteiger partial charge is 0.0950 e. The Morgan fingerprint density at radius 2 is 1.54 bits per heavy atom. The summed E-state index contributed by atoms with van der Waals surface area (Å²) in [5, 5.41) is 0. The van der Waals surface area contributed by atoms with Gasteiger partial charge < -0.3 is 0 Å². The Balaban J connectivity index is 2.61. The van der Waals surface area contributed by atoms with Crippen LogP contribution in [-0.2, 0) is 0 Å². The molecule has 0 nitrogen and oxygen atoms in total. The van der Waals surface area contributed by atoms with Gasteiger partial charge in [-0.25, -0.2) is 0 Å². The van der Waals surface area contributed by atoms with Gasteiger partial charge in [-0.05, 0) is 65.2 Å². The Hall–Kier alpha value is -2.08. The van der Waals surface area contributed by atoms with Crippen molar-refractivity contribution in [1.29, 1.82) is 0 Å². The van der Waals surface area contributed by atoms with E-state index in [1.807, 2.05) is 0 Å². The zero-order chi connectivity index (χ0) is 17.9. The topological polar surface area (TPSA) is 0 Å². The van der Waals surface area contributed by atoms with Crippen LogP contribution in [0.25, 0.3) is 11.6 Å². The Labute approximate surface area is 147 Å². The highest BCUT2D eigenvalue weighted by Crippen LogP contribution is 2.33. The molecule has 0 spiro atoms. The molecule has 24 heavy (non-hydrogen) atoms. The van der Waals surface area contributed by atoms with Crippen LogP contribution in [0.5, 0.6) is 0 Å². The highest BCUT2D eigenvalue weighted by atomic mass is 14.2. The van der Waals surface area contributed by atoms with Gasteiger partial charge in [0.25, 0.3) is 0 Å². The fourth-order valence-corrected chi connectivity index (χ4v) is 2.77. The van der Waals surface area contributed by atoms with E-state index in [9.17, 15) is 0 Å². The molecule has 0 bridgehead atoms. The summed E-state index contributed by atoms with van der Waals surface area (Å²) in [5.41, 5.74) is 8.96. The van der Waals surface area contributed by atoms with E-state index in [-0.39, 0.29) is 0 Å². The normalized spacial score (nSPS) is 12.1. The molecular weight excluding hydrogens is 288 g/mol. The van der Waals surface area contributed by atoms with Crippen molar-refractivity contribution in [3.63, 3.8) is 0 Å². The monoisotopic (exact) mass is 318 g/mol. The lowest BCUT2D eigenvalue weighted by Gasteiger charge is -2.19. The molecule has 0 amide bonds. The Morgan fingerprint density at radius 1 is 0.917 bits per heavy atom. The second-order valence-corrected chi connectivity index (χ2v) is 7.38. The molecule has 0 unspecified atom stereocenters. The minimum atomic E-state index is 0.420. The van der Waals surface area contributed by atoms with Crippen molar-refractivity contribution in [3.8, 4) is 0 Å². The van der Waals surface area contributed by atoms with Crippen LogP contribution in [-0.4, -0.2) is 0 Å². The molecule has 2 aromatic rings. The molecule has 0 fully saturated rings. The highest BCUT2D eigenvalue weighted by molar-refractivity contribution is 5.92. The van der Waals surface area contributed by atoms with Crippen LogP contribution < -0.4 is 0 Å². The first-order valence-corrected chi connectivity index (χ1v) is 8.88. The Kier molecular flexibility index (Phi) is 5.83. The minimum Gasteiger partial charge on any atom is -0.0950 e. The fourth-order valence-electron chi connectivity index (χ4n) is 2.77. The highest BCUT2D eigenvalue weighted by Gasteiger charge is 2.14. The molecule has 0 saturated carbocycles. The van der Waals surface area contributed by atoms with Crippen LogP contribution in [0, 0.1) is 19.8 Å². The number of allylic oxidation sites excluding steroid dienone is 2. The molecule has 0 aliphatic rings. The van der Waals surface area contributed by atoms with Crippen molar-refractivity contribution >= 4 is 11.6 Å². The van der Waals surface area contributed by atoms with Gasteiger partial charge in [0, 0.05) is 0 Å². The molecule has 0 heteroatoms. The standard InChI is InChI=1S/C24H30/c1-16(2)20(7)24(14-21-11-8-18(5)9-12-21)23-15-22(17(3)4)13-10-19(23)6/h8-17H,7H2,1-6H3/b24-14+. The van der Waals surface area contributed by atoms with Crippen molar-refractivity contribution in [2.75, 3.05) is 0 Å². The predicted molar refractivity (Wildman–Crippen MR) is 108 cm³/mol. The molecule has 0 aromatic heterocycles. The first-order chi connectivity index (χ1) is 11.3. The third-order valence-corrected chi connectivity index (χ3v) is 4.65. The summed E-state index contributed by atoms with van der Waals surface area (Å²) in [6.45, 7) is 17.6. The van der Waals surface area contributed by atoms with Gasteiger partial charge in [-0.15, -0.1) is 0 Å². The average molecular weight is 319 g/mol. The van der Waals surface area contributed by atoms with Crippen LogP contribution in [0.15, 0.2) is 54.6 Å². The number of aryl methyl sites for hydroxylation is 2. The molecule has 0 heterocycles. The average Bonchev–Trinajstić information content (AvgIpc) is 2.54. The summed E-state index contributed by atoms with van der Waals surface area (Å²) >= 11 is 0. The van der Waals surface area contributed by atoms with Crippen molar-refractivity contribution in [2.45, 2.75) is 47.5 Å². The predicted octanol–water partition coefficient (Wildman–Crippen LogP) is 7.18. The van der Waals surface area contributed by atoms with E-state index in [0.717, 1.165) is 0 Å². The number of hydrogen-bond acceptors (Lipinski definition) is 0. The maximum absolute atomic E-state index is 4.39. The van der Waals surface area contributed by atoms with Crippen molar-refractivity contribution in [3.05, 3.63) is 82.4 Å². The van der Waals surface area contributed by atoms with Gasteiger partial charge in [-0.1, -0.05) is 82.3 Å². The van der Waals surface area contributed by atoms with E-state index >= 15 is 0 Å². The van der Waals surface area contributed by atoms with E-state index in [0.29, 0.717) is 11.8 Å². The van der Waals surface area contributed by atoms with E-state index in [4.69, 9.17) is 0 Å². The zero-order valence-corrected chi connectivity index (χ0v) is 16.0. The van der Waals surface area contributed by atoms with Gasteiger partial charge in [0.15, 0.2) is 0 Å². The maximum Gasteiger partial charge on any atom is -0.0146 e. The fraction of sp³-hybridized carbons (Fsp3) is 0.333. The number of hydrogen-bond donors (Lipinski definition) is 0. The lowest BCUT2D eigenvalue weighted by Crippen LogP contribution is -2.00. The summed E-state index contributed by atoms with van der Waals surface area (Å²) < 4.78 is 0. The Bertz CT molecular complexity index is 740. The maximum atomic E-state index is 4.39. The smallest absolute Gasteiger partial charge is 0.0146 e. The molecule has 0 N–H and O–H groups in total. The van der Waals surface area contributed by atoms with Crippen LogP contribution in [0.2, 0.25) is 0 Å². The summed E-state index contributed by atoms with van der Waals surface area (Å²) in [5.74, 6) is 0.945.